The van der Waals surface area contributed by atoms with Crippen LogP contribution in [0.4, 0.5) is 0 Å². The molecular weight excluding hydrogens is 554 g/mol. The molecule has 1 atom stereocenters. The van der Waals surface area contributed by atoms with Crippen molar-refractivity contribution in [2.75, 3.05) is 25.4 Å². The Morgan fingerprint density at radius 1 is 0.927 bits per heavy atom. The molecule has 1 saturated heterocycles. The van der Waals surface area contributed by atoms with Crippen LogP contribution < -0.4 is 0 Å². The first-order chi connectivity index (χ1) is 20.0. The van der Waals surface area contributed by atoms with E-state index in [1.165, 1.54) is 5.56 Å². The number of halogens is 1. The van der Waals surface area contributed by atoms with E-state index in [4.69, 9.17) is 11.6 Å². The fraction of sp³-hybridized carbons (Fsp3) is 0.312. The van der Waals surface area contributed by atoms with E-state index in [1.54, 1.807) is 36.0 Å². The third-order valence-corrected chi connectivity index (χ3v) is 8.50. The highest BCUT2D eigenvalue weighted by Gasteiger charge is 2.30. The Hall–Kier alpha value is -3.62. The number of hydrogen-bond donors (Lipinski definition) is 0. The molecule has 212 valence electrons. The average molecular weight is 588 g/mol. The Morgan fingerprint density at radius 2 is 1.68 bits per heavy atom. The maximum atomic E-state index is 13.0. The van der Waals surface area contributed by atoms with E-state index in [0.717, 1.165) is 35.3 Å². The van der Waals surface area contributed by atoms with E-state index in [2.05, 4.69) is 39.0 Å². The molecule has 0 radical (unpaired) electrons. The van der Waals surface area contributed by atoms with Crippen LogP contribution in [-0.2, 0) is 11.2 Å². The fourth-order valence-corrected chi connectivity index (χ4v) is 6.26. The van der Waals surface area contributed by atoms with Crippen molar-refractivity contribution in [2.24, 2.45) is 0 Å². The van der Waals surface area contributed by atoms with Crippen molar-refractivity contribution in [3.8, 4) is 5.69 Å². The van der Waals surface area contributed by atoms with Gasteiger partial charge >= 0.3 is 0 Å². The van der Waals surface area contributed by atoms with E-state index in [9.17, 15) is 9.59 Å². The summed E-state index contributed by atoms with van der Waals surface area (Å²) in [5, 5.41) is 10.4. The number of hydrogen-bond acceptors (Lipinski definition) is 5. The number of nitrogens with zero attached hydrogens (tertiary/aromatic N) is 5. The fourth-order valence-electron chi connectivity index (χ4n) is 5.10. The van der Waals surface area contributed by atoms with Gasteiger partial charge in [-0.3, -0.25) is 14.2 Å². The highest BCUT2D eigenvalue weighted by molar-refractivity contribution is 7.99. The van der Waals surface area contributed by atoms with E-state index in [0.29, 0.717) is 43.1 Å². The van der Waals surface area contributed by atoms with Gasteiger partial charge in [-0.2, -0.15) is 0 Å². The molecule has 0 spiro atoms. The minimum absolute atomic E-state index is 0.0422. The quantitative estimate of drug-likeness (QED) is 0.164. The third-order valence-electron chi connectivity index (χ3n) is 7.25. The number of para-hydroxylation sites is 1. The maximum absolute atomic E-state index is 13.0. The summed E-state index contributed by atoms with van der Waals surface area (Å²) in [6.07, 6.45) is 2.90. The molecule has 9 heteroatoms. The van der Waals surface area contributed by atoms with Gasteiger partial charge in [0.25, 0.3) is 5.91 Å². The maximum Gasteiger partial charge on any atom is 0.254 e. The molecule has 0 N–H and O–H groups in total. The summed E-state index contributed by atoms with van der Waals surface area (Å²) in [6.45, 7) is 3.61. The van der Waals surface area contributed by atoms with Gasteiger partial charge in [0.05, 0.1) is 0 Å². The summed E-state index contributed by atoms with van der Waals surface area (Å²) in [4.78, 5) is 29.6. The highest BCUT2D eigenvalue weighted by Crippen LogP contribution is 2.25. The molecule has 1 unspecified atom stereocenters. The molecule has 41 heavy (non-hydrogen) atoms. The standard InChI is InChI=1S/C32H34ClN5O2S/c1-24-23-36(18-19-37(24)31(40)26-13-10-14-27(33)22-26)30(39)17-8-9-20-41-32-35-34-29(21-25-11-4-2-5-12-25)38(32)28-15-6-3-7-16-28/h2-7,10-16,22,24H,8-9,17-21,23H2,1H3. The second-order valence-electron chi connectivity index (χ2n) is 10.2. The van der Waals surface area contributed by atoms with Gasteiger partial charge in [-0.15, -0.1) is 10.2 Å². The van der Waals surface area contributed by atoms with Crippen LogP contribution in [-0.4, -0.2) is 67.8 Å². The van der Waals surface area contributed by atoms with Crippen LogP contribution in [0.1, 0.15) is 47.9 Å². The number of piperazine rings is 1. The van der Waals surface area contributed by atoms with E-state index in [-0.39, 0.29) is 17.9 Å². The molecule has 1 aliphatic rings. The summed E-state index contributed by atoms with van der Waals surface area (Å²) in [5.41, 5.74) is 2.82. The van der Waals surface area contributed by atoms with Crippen LogP contribution in [0.15, 0.2) is 90.1 Å². The minimum atomic E-state index is -0.0517. The first kappa shape index (κ1) is 28.9. The normalized spacial score (nSPS) is 15.2. The van der Waals surface area contributed by atoms with Gasteiger partial charge < -0.3 is 9.80 Å². The third kappa shape index (κ3) is 7.37. The van der Waals surface area contributed by atoms with Crippen LogP contribution in [0, 0.1) is 0 Å². The predicted molar refractivity (Wildman–Crippen MR) is 164 cm³/mol. The van der Waals surface area contributed by atoms with Crippen LogP contribution in [0.3, 0.4) is 0 Å². The van der Waals surface area contributed by atoms with Crippen molar-refractivity contribution >= 4 is 35.2 Å². The molecule has 0 saturated carbocycles. The molecule has 1 fully saturated rings. The Bertz CT molecular complexity index is 1460. The second-order valence-corrected chi connectivity index (χ2v) is 11.7. The molecule has 2 heterocycles. The molecule has 1 aliphatic heterocycles. The molecular formula is C32H34ClN5O2S. The summed E-state index contributed by atoms with van der Waals surface area (Å²) in [6, 6.07) is 27.5. The van der Waals surface area contributed by atoms with E-state index in [1.807, 2.05) is 53.1 Å². The SMILES string of the molecule is CC1CN(C(=O)CCCCSc2nnc(Cc3ccccc3)n2-c2ccccc2)CCN1C(=O)c1cccc(Cl)c1. The lowest BCUT2D eigenvalue weighted by Gasteiger charge is -2.40. The van der Waals surface area contributed by atoms with Crippen molar-refractivity contribution < 1.29 is 9.59 Å². The van der Waals surface area contributed by atoms with Gasteiger partial charge in [0.2, 0.25) is 5.91 Å². The predicted octanol–water partition coefficient (Wildman–Crippen LogP) is 6.15. The van der Waals surface area contributed by atoms with Gasteiger partial charge in [0.1, 0.15) is 5.82 Å². The summed E-state index contributed by atoms with van der Waals surface area (Å²) in [7, 11) is 0. The number of rotatable bonds is 10. The van der Waals surface area contributed by atoms with Gasteiger partial charge in [0, 0.05) is 60.5 Å². The van der Waals surface area contributed by atoms with Gasteiger partial charge in [-0.05, 0) is 55.7 Å². The van der Waals surface area contributed by atoms with Crippen molar-refractivity contribution in [2.45, 2.75) is 43.8 Å². The molecule has 5 rings (SSSR count). The largest absolute Gasteiger partial charge is 0.339 e. The highest BCUT2D eigenvalue weighted by atomic mass is 35.5. The Balaban J connectivity index is 1.11. The molecule has 4 aromatic rings. The van der Waals surface area contributed by atoms with Gasteiger partial charge in [-0.1, -0.05) is 78.0 Å². The molecule has 0 aliphatic carbocycles. The first-order valence-electron chi connectivity index (χ1n) is 14.0. The number of carbonyl (C=O) groups excluding carboxylic acids is 2. The monoisotopic (exact) mass is 587 g/mol. The van der Waals surface area contributed by atoms with Gasteiger partial charge in [0.15, 0.2) is 5.16 Å². The zero-order valence-electron chi connectivity index (χ0n) is 23.2. The number of carbonyl (C=O) groups is 2. The van der Waals surface area contributed by atoms with E-state index >= 15 is 0 Å². The molecule has 1 aromatic heterocycles. The van der Waals surface area contributed by atoms with Crippen LogP contribution in [0.25, 0.3) is 5.69 Å². The minimum Gasteiger partial charge on any atom is -0.339 e. The van der Waals surface area contributed by atoms with Crippen molar-refractivity contribution in [1.29, 1.82) is 0 Å². The molecule has 7 nitrogen and oxygen atoms in total. The Labute approximate surface area is 250 Å². The van der Waals surface area contributed by atoms with Gasteiger partial charge in [-0.25, -0.2) is 0 Å². The summed E-state index contributed by atoms with van der Waals surface area (Å²) in [5.74, 6) is 1.86. The number of aromatic nitrogens is 3. The Kier molecular flexibility index (Phi) is 9.75. The van der Waals surface area contributed by atoms with Crippen molar-refractivity contribution in [3.05, 3.63) is 107 Å². The van der Waals surface area contributed by atoms with Crippen LogP contribution >= 0.6 is 23.4 Å². The lowest BCUT2D eigenvalue weighted by atomic mass is 10.1. The topological polar surface area (TPSA) is 71.3 Å². The van der Waals surface area contributed by atoms with E-state index < -0.39 is 0 Å². The zero-order valence-corrected chi connectivity index (χ0v) is 24.7. The summed E-state index contributed by atoms with van der Waals surface area (Å²) < 4.78 is 2.13. The number of unbranched alkanes of at least 4 members (excludes halogenated alkanes) is 1. The van der Waals surface area contributed by atoms with Crippen LogP contribution in [0.5, 0.6) is 0 Å². The van der Waals surface area contributed by atoms with Crippen molar-refractivity contribution in [1.82, 2.24) is 24.6 Å². The molecule has 0 bridgehead atoms. The number of benzene rings is 3. The molecule has 3 aromatic carbocycles. The zero-order chi connectivity index (χ0) is 28.6. The average Bonchev–Trinajstić information content (AvgIpc) is 3.39. The van der Waals surface area contributed by atoms with Crippen LogP contribution in [0.2, 0.25) is 5.02 Å². The summed E-state index contributed by atoms with van der Waals surface area (Å²) >= 11 is 7.74. The smallest absolute Gasteiger partial charge is 0.254 e. The molecule has 2 amide bonds. The Morgan fingerprint density at radius 3 is 2.41 bits per heavy atom. The first-order valence-corrected chi connectivity index (χ1v) is 15.4. The lowest BCUT2D eigenvalue weighted by Crippen LogP contribution is -2.55. The second kappa shape index (κ2) is 13.8. The number of amides is 2. The van der Waals surface area contributed by atoms with Crippen molar-refractivity contribution in [3.63, 3.8) is 0 Å². The lowest BCUT2D eigenvalue weighted by molar-refractivity contribution is -0.133. The number of thioether (sulfide) groups is 1.